The van der Waals surface area contributed by atoms with Gasteiger partial charge < -0.3 is 19.9 Å². The zero-order chi connectivity index (χ0) is 20.0. The van der Waals surface area contributed by atoms with E-state index in [2.05, 4.69) is 26.1 Å². The summed E-state index contributed by atoms with van der Waals surface area (Å²) in [6, 6.07) is 13.6. The molecule has 2 atom stereocenters. The summed E-state index contributed by atoms with van der Waals surface area (Å²) in [6.07, 6.45) is -0.624. The molecule has 2 aromatic carbocycles. The lowest BCUT2D eigenvalue weighted by Gasteiger charge is -2.24. The zero-order valence-electron chi connectivity index (χ0n) is 17.2. The fraction of sp³-hybridized carbons (Fsp3) is 0.455. The highest BCUT2D eigenvalue weighted by molar-refractivity contribution is 6.30. The predicted octanol–water partition coefficient (Wildman–Crippen LogP) is 5.16. The van der Waals surface area contributed by atoms with Crippen LogP contribution < -0.4 is 14.8 Å². The first-order chi connectivity index (χ1) is 12.7. The van der Waals surface area contributed by atoms with Crippen molar-refractivity contribution in [2.75, 3.05) is 20.3 Å². The Labute approximate surface area is 179 Å². The molecule has 0 aliphatic rings. The van der Waals surface area contributed by atoms with E-state index in [4.69, 9.17) is 21.1 Å². The molecule has 0 bridgehead atoms. The Morgan fingerprint density at radius 3 is 2.46 bits per heavy atom. The number of aliphatic hydroxyl groups excluding tert-OH is 1. The molecule has 0 saturated heterocycles. The second-order valence-electron chi connectivity index (χ2n) is 7.76. The lowest BCUT2D eigenvalue weighted by Crippen LogP contribution is -2.33. The van der Waals surface area contributed by atoms with E-state index in [1.54, 1.807) is 7.11 Å². The summed E-state index contributed by atoms with van der Waals surface area (Å²) in [5, 5.41) is 14.3. The second-order valence-corrected chi connectivity index (χ2v) is 8.20. The molecule has 6 heteroatoms. The van der Waals surface area contributed by atoms with Crippen molar-refractivity contribution >= 4 is 24.0 Å². The Hall–Kier alpha value is -1.46. The number of ether oxygens (including phenoxy) is 2. The smallest absolute Gasteiger partial charge is 0.123 e. The number of nitrogens with one attached hydrogen (secondary N) is 1. The SMILES string of the molecule is COc1ccc(OCC(O)CNC(C)c2cccc(Cl)c2)c(C(C)(C)C)c1.Cl. The van der Waals surface area contributed by atoms with Gasteiger partial charge in [0.05, 0.1) is 7.11 Å². The van der Waals surface area contributed by atoms with E-state index in [0.717, 1.165) is 22.6 Å². The van der Waals surface area contributed by atoms with E-state index in [1.807, 2.05) is 49.4 Å². The lowest BCUT2D eigenvalue weighted by atomic mass is 9.86. The van der Waals surface area contributed by atoms with Crippen molar-refractivity contribution < 1.29 is 14.6 Å². The normalized spacial score (nSPS) is 13.4. The van der Waals surface area contributed by atoms with Crippen molar-refractivity contribution in [3.05, 3.63) is 58.6 Å². The molecule has 2 rings (SSSR count). The van der Waals surface area contributed by atoms with Gasteiger partial charge in [-0.05, 0) is 48.2 Å². The number of hydrogen-bond acceptors (Lipinski definition) is 4. The van der Waals surface area contributed by atoms with Gasteiger partial charge in [-0.25, -0.2) is 0 Å². The average molecular weight is 428 g/mol. The van der Waals surface area contributed by atoms with Crippen molar-refractivity contribution in [2.24, 2.45) is 0 Å². The summed E-state index contributed by atoms with van der Waals surface area (Å²) >= 11 is 6.04. The van der Waals surface area contributed by atoms with Gasteiger partial charge in [0.15, 0.2) is 0 Å². The molecule has 0 spiro atoms. The van der Waals surface area contributed by atoms with Gasteiger partial charge in [0.1, 0.15) is 24.2 Å². The monoisotopic (exact) mass is 427 g/mol. The number of benzene rings is 2. The highest BCUT2D eigenvalue weighted by atomic mass is 35.5. The van der Waals surface area contributed by atoms with Gasteiger partial charge in [0.2, 0.25) is 0 Å². The van der Waals surface area contributed by atoms with E-state index in [9.17, 15) is 5.11 Å². The number of hydrogen-bond donors (Lipinski definition) is 2. The fourth-order valence-corrected chi connectivity index (χ4v) is 3.00. The minimum absolute atomic E-state index is 0. The molecule has 0 amide bonds. The Morgan fingerprint density at radius 2 is 1.86 bits per heavy atom. The first-order valence-corrected chi connectivity index (χ1v) is 9.56. The van der Waals surface area contributed by atoms with Crippen LogP contribution in [0.2, 0.25) is 5.02 Å². The molecule has 0 aromatic heterocycles. The standard InChI is InChI=1S/C22H30ClNO3.ClH/c1-15(16-7-6-8-17(23)11-16)24-13-18(25)14-27-21-10-9-19(26-5)12-20(21)22(2,3)4;/h6-12,15,18,24-25H,13-14H2,1-5H3;1H. The molecule has 0 radical (unpaired) electrons. The van der Waals surface area contributed by atoms with Gasteiger partial charge in [0.25, 0.3) is 0 Å². The topological polar surface area (TPSA) is 50.7 Å². The van der Waals surface area contributed by atoms with Crippen LogP contribution in [0.25, 0.3) is 0 Å². The largest absolute Gasteiger partial charge is 0.497 e. The van der Waals surface area contributed by atoms with Gasteiger partial charge in [-0.3, -0.25) is 0 Å². The van der Waals surface area contributed by atoms with E-state index in [0.29, 0.717) is 11.6 Å². The van der Waals surface area contributed by atoms with Crippen LogP contribution in [0.1, 0.15) is 44.9 Å². The second kappa shape index (κ2) is 10.9. The van der Waals surface area contributed by atoms with Crippen LogP contribution >= 0.6 is 24.0 Å². The third-order valence-corrected chi connectivity index (χ3v) is 4.67. The van der Waals surface area contributed by atoms with Crippen LogP contribution in [-0.4, -0.2) is 31.5 Å². The van der Waals surface area contributed by atoms with E-state index >= 15 is 0 Å². The zero-order valence-corrected chi connectivity index (χ0v) is 18.7. The first-order valence-electron chi connectivity index (χ1n) is 9.19. The minimum Gasteiger partial charge on any atom is -0.497 e. The molecule has 4 nitrogen and oxygen atoms in total. The summed E-state index contributed by atoms with van der Waals surface area (Å²) in [4.78, 5) is 0. The third-order valence-electron chi connectivity index (χ3n) is 4.43. The number of methoxy groups -OCH3 is 1. The molecular formula is C22H31Cl2NO3. The summed E-state index contributed by atoms with van der Waals surface area (Å²) < 4.78 is 11.2. The Kier molecular flexibility index (Phi) is 9.58. The first kappa shape index (κ1) is 24.6. The Morgan fingerprint density at radius 1 is 1.14 bits per heavy atom. The molecule has 2 aromatic rings. The summed E-state index contributed by atoms with van der Waals surface area (Å²) in [5.74, 6) is 1.56. The molecule has 156 valence electrons. The Bertz CT molecular complexity index is 747. The van der Waals surface area contributed by atoms with Crippen LogP contribution in [0.4, 0.5) is 0 Å². The van der Waals surface area contributed by atoms with E-state index in [-0.39, 0.29) is 30.5 Å². The Balaban J connectivity index is 0.00000392. The third kappa shape index (κ3) is 7.17. The van der Waals surface area contributed by atoms with Crippen LogP contribution in [0.5, 0.6) is 11.5 Å². The molecule has 28 heavy (non-hydrogen) atoms. The van der Waals surface area contributed by atoms with Crippen molar-refractivity contribution in [3.8, 4) is 11.5 Å². The molecule has 0 aliphatic heterocycles. The minimum atomic E-state index is -0.624. The van der Waals surface area contributed by atoms with Gasteiger partial charge in [-0.2, -0.15) is 0 Å². The summed E-state index contributed by atoms with van der Waals surface area (Å²) in [7, 11) is 1.65. The highest BCUT2D eigenvalue weighted by Gasteiger charge is 2.20. The van der Waals surface area contributed by atoms with Crippen LogP contribution in [0.15, 0.2) is 42.5 Å². The van der Waals surface area contributed by atoms with Gasteiger partial charge in [-0.15, -0.1) is 12.4 Å². The molecule has 0 fully saturated rings. The molecule has 0 heterocycles. The van der Waals surface area contributed by atoms with Crippen LogP contribution in [0, 0.1) is 0 Å². The van der Waals surface area contributed by atoms with Crippen molar-refractivity contribution in [1.29, 1.82) is 0 Å². The van der Waals surface area contributed by atoms with E-state index in [1.165, 1.54) is 0 Å². The molecule has 2 unspecified atom stereocenters. The fourth-order valence-electron chi connectivity index (χ4n) is 2.80. The molecular weight excluding hydrogens is 397 g/mol. The van der Waals surface area contributed by atoms with Crippen molar-refractivity contribution in [2.45, 2.75) is 45.3 Å². The summed E-state index contributed by atoms with van der Waals surface area (Å²) in [5.41, 5.74) is 2.05. The van der Waals surface area contributed by atoms with Gasteiger partial charge in [0, 0.05) is 23.2 Å². The number of rotatable bonds is 8. The molecule has 0 saturated carbocycles. The van der Waals surface area contributed by atoms with Crippen LogP contribution in [0.3, 0.4) is 0 Å². The van der Waals surface area contributed by atoms with Crippen molar-refractivity contribution in [3.63, 3.8) is 0 Å². The highest BCUT2D eigenvalue weighted by Crippen LogP contribution is 2.34. The van der Waals surface area contributed by atoms with E-state index < -0.39 is 6.10 Å². The summed E-state index contributed by atoms with van der Waals surface area (Å²) in [6.45, 7) is 9.05. The van der Waals surface area contributed by atoms with Crippen LogP contribution in [-0.2, 0) is 5.41 Å². The number of aliphatic hydroxyl groups is 1. The van der Waals surface area contributed by atoms with Gasteiger partial charge in [-0.1, -0.05) is 44.5 Å². The maximum absolute atomic E-state index is 10.3. The molecule has 0 aliphatic carbocycles. The quantitative estimate of drug-likeness (QED) is 0.610. The maximum atomic E-state index is 10.3. The lowest BCUT2D eigenvalue weighted by molar-refractivity contribution is 0.103. The predicted molar refractivity (Wildman–Crippen MR) is 118 cm³/mol. The van der Waals surface area contributed by atoms with Crippen molar-refractivity contribution in [1.82, 2.24) is 5.32 Å². The van der Waals surface area contributed by atoms with Gasteiger partial charge >= 0.3 is 0 Å². The average Bonchev–Trinajstić information content (AvgIpc) is 2.63. The molecule has 2 N–H and O–H groups in total. The maximum Gasteiger partial charge on any atom is 0.123 e. The number of halogens is 2.